The lowest BCUT2D eigenvalue weighted by Crippen LogP contribution is -2.10. The van der Waals surface area contributed by atoms with Crippen LogP contribution in [0.5, 0.6) is 0 Å². The van der Waals surface area contributed by atoms with Gasteiger partial charge in [0.05, 0.1) is 6.20 Å². The number of rotatable bonds is 10. The SMILES string of the molecule is CCCCOCCCNc1nc(NCC)ncc1Cl. The minimum atomic E-state index is 0.536. The fourth-order valence-corrected chi connectivity index (χ4v) is 1.62. The van der Waals surface area contributed by atoms with Gasteiger partial charge in [0.1, 0.15) is 10.8 Å². The lowest BCUT2D eigenvalue weighted by atomic mass is 10.3. The van der Waals surface area contributed by atoms with Crippen molar-refractivity contribution < 1.29 is 4.74 Å². The van der Waals surface area contributed by atoms with E-state index in [-0.39, 0.29) is 0 Å². The molecule has 5 nitrogen and oxygen atoms in total. The first kappa shape index (κ1) is 16.0. The Hall–Kier alpha value is -1.07. The van der Waals surface area contributed by atoms with Gasteiger partial charge in [-0.25, -0.2) is 4.98 Å². The van der Waals surface area contributed by atoms with Gasteiger partial charge in [0, 0.05) is 26.3 Å². The van der Waals surface area contributed by atoms with Crippen LogP contribution in [0.25, 0.3) is 0 Å². The van der Waals surface area contributed by atoms with Gasteiger partial charge < -0.3 is 15.4 Å². The van der Waals surface area contributed by atoms with Gasteiger partial charge in [-0.15, -0.1) is 0 Å². The maximum Gasteiger partial charge on any atom is 0.224 e. The Morgan fingerprint density at radius 3 is 2.74 bits per heavy atom. The molecule has 2 N–H and O–H groups in total. The Morgan fingerprint density at radius 1 is 1.21 bits per heavy atom. The summed E-state index contributed by atoms with van der Waals surface area (Å²) in [7, 11) is 0. The van der Waals surface area contributed by atoms with E-state index in [4.69, 9.17) is 16.3 Å². The Kier molecular flexibility index (Phi) is 8.25. The van der Waals surface area contributed by atoms with Crippen LogP contribution in [0.15, 0.2) is 6.20 Å². The summed E-state index contributed by atoms with van der Waals surface area (Å²) in [6, 6.07) is 0. The van der Waals surface area contributed by atoms with Crippen molar-refractivity contribution in [2.75, 3.05) is 36.9 Å². The number of anilines is 2. The molecule has 0 atom stereocenters. The van der Waals surface area contributed by atoms with Crippen LogP contribution >= 0.6 is 11.6 Å². The van der Waals surface area contributed by atoms with Crippen LogP contribution in [-0.4, -0.2) is 36.3 Å². The first-order valence-corrected chi connectivity index (χ1v) is 7.23. The van der Waals surface area contributed by atoms with E-state index < -0.39 is 0 Å². The second-order valence-electron chi connectivity index (χ2n) is 4.17. The molecular formula is C13H23ClN4O. The zero-order chi connectivity index (χ0) is 13.9. The number of ether oxygens (including phenoxy) is 1. The highest BCUT2D eigenvalue weighted by molar-refractivity contribution is 6.32. The normalized spacial score (nSPS) is 10.5. The van der Waals surface area contributed by atoms with E-state index in [0.29, 0.717) is 16.8 Å². The molecule has 1 heterocycles. The van der Waals surface area contributed by atoms with Crippen LogP contribution in [0.2, 0.25) is 5.02 Å². The zero-order valence-electron chi connectivity index (χ0n) is 11.7. The van der Waals surface area contributed by atoms with E-state index >= 15 is 0 Å². The summed E-state index contributed by atoms with van der Waals surface area (Å²) in [6.45, 7) is 7.33. The molecule has 1 rings (SSSR count). The van der Waals surface area contributed by atoms with Gasteiger partial charge in [0.15, 0.2) is 0 Å². The quantitative estimate of drug-likeness (QED) is 0.647. The third-order valence-electron chi connectivity index (χ3n) is 2.48. The summed E-state index contributed by atoms with van der Waals surface area (Å²) in [4.78, 5) is 8.39. The van der Waals surface area contributed by atoms with Gasteiger partial charge in [0.25, 0.3) is 0 Å². The minimum absolute atomic E-state index is 0.536. The number of hydrogen-bond acceptors (Lipinski definition) is 5. The molecular weight excluding hydrogens is 264 g/mol. The van der Waals surface area contributed by atoms with Gasteiger partial charge in [-0.05, 0) is 19.8 Å². The topological polar surface area (TPSA) is 59.1 Å². The van der Waals surface area contributed by atoms with Crippen molar-refractivity contribution in [3.63, 3.8) is 0 Å². The molecule has 0 aliphatic carbocycles. The summed E-state index contributed by atoms with van der Waals surface area (Å²) in [5, 5.41) is 6.79. The van der Waals surface area contributed by atoms with Crippen molar-refractivity contribution in [3.8, 4) is 0 Å². The lowest BCUT2D eigenvalue weighted by molar-refractivity contribution is 0.131. The molecule has 0 saturated heterocycles. The maximum absolute atomic E-state index is 6.03. The second kappa shape index (κ2) is 9.81. The summed E-state index contributed by atoms with van der Waals surface area (Å²) in [5.74, 6) is 1.26. The van der Waals surface area contributed by atoms with E-state index in [1.54, 1.807) is 6.20 Å². The van der Waals surface area contributed by atoms with Crippen LogP contribution in [0.1, 0.15) is 33.1 Å². The Morgan fingerprint density at radius 2 is 2.00 bits per heavy atom. The summed E-state index contributed by atoms with van der Waals surface area (Å²) in [5.41, 5.74) is 0. The molecule has 6 heteroatoms. The lowest BCUT2D eigenvalue weighted by Gasteiger charge is -2.09. The molecule has 108 valence electrons. The van der Waals surface area contributed by atoms with Gasteiger partial charge in [-0.3, -0.25) is 0 Å². The summed E-state index contributed by atoms with van der Waals surface area (Å²) >= 11 is 6.03. The molecule has 0 unspecified atom stereocenters. The Balaban J connectivity index is 2.26. The number of unbranched alkanes of at least 4 members (excludes halogenated alkanes) is 1. The highest BCUT2D eigenvalue weighted by Gasteiger charge is 2.04. The van der Waals surface area contributed by atoms with Gasteiger partial charge in [0.2, 0.25) is 5.95 Å². The van der Waals surface area contributed by atoms with Crippen molar-refractivity contribution in [1.29, 1.82) is 0 Å². The van der Waals surface area contributed by atoms with Gasteiger partial charge in [-0.1, -0.05) is 24.9 Å². The predicted molar refractivity (Wildman–Crippen MR) is 80.0 cm³/mol. The predicted octanol–water partition coefficient (Wildman–Crippen LogP) is 3.18. The number of halogens is 1. The third-order valence-corrected chi connectivity index (χ3v) is 2.76. The highest BCUT2D eigenvalue weighted by Crippen LogP contribution is 2.19. The first-order valence-electron chi connectivity index (χ1n) is 6.86. The van der Waals surface area contributed by atoms with Crippen LogP contribution < -0.4 is 10.6 Å². The molecule has 0 bridgehead atoms. The number of nitrogens with zero attached hydrogens (tertiary/aromatic N) is 2. The zero-order valence-corrected chi connectivity index (χ0v) is 12.5. The molecule has 0 spiro atoms. The van der Waals surface area contributed by atoms with Crippen molar-refractivity contribution in [3.05, 3.63) is 11.2 Å². The molecule has 0 fully saturated rings. The van der Waals surface area contributed by atoms with E-state index in [2.05, 4.69) is 27.5 Å². The van der Waals surface area contributed by atoms with Crippen molar-refractivity contribution >= 4 is 23.4 Å². The van der Waals surface area contributed by atoms with Gasteiger partial charge in [-0.2, -0.15) is 4.98 Å². The fourth-order valence-electron chi connectivity index (χ4n) is 1.46. The van der Waals surface area contributed by atoms with Gasteiger partial charge >= 0.3 is 0 Å². The van der Waals surface area contributed by atoms with Crippen molar-refractivity contribution in [2.45, 2.75) is 33.1 Å². The Bertz CT molecular complexity index is 362. The van der Waals surface area contributed by atoms with E-state index in [1.165, 1.54) is 6.42 Å². The summed E-state index contributed by atoms with van der Waals surface area (Å²) < 4.78 is 5.49. The second-order valence-corrected chi connectivity index (χ2v) is 4.57. The van der Waals surface area contributed by atoms with Crippen LogP contribution in [0, 0.1) is 0 Å². The molecule has 0 aliphatic rings. The molecule has 1 aromatic heterocycles. The van der Waals surface area contributed by atoms with E-state index in [9.17, 15) is 0 Å². The first-order chi connectivity index (χ1) is 9.27. The molecule has 19 heavy (non-hydrogen) atoms. The monoisotopic (exact) mass is 286 g/mol. The summed E-state index contributed by atoms with van der Waals surface area (Å²) in [6.07, 6.45) is 4.83. The molecule has 0 amide bonds. The molecule has 0 aromatic carbocycles. The Labute approximate surface area is 120 Å². The smallest absolute Gasteiger partial charge is 0.224 e. The average molecular weight is 287 g/mol. The molecule has 1 aromatic rings. The highest BCUT2D eigenvalue weighted by atomic mass is 35.5. The molecule has 0 aliphatic heterocycles. The van der Waals surface area contributed by atoms with E-state index in [1.807, 2.05) is 6.92 Å². The number of aromatic nitrogens is 2. The van der Waals surface area contributed by atoms with Crippen LogP contribution in [0.3, 0.4) is 0 Å². The number of hydrogen-bond donors (Lipinski definition) is 2. The largest absolute Gasteiger partial charge is 0.381 e. The fraction of sp³-hybridized carbons (Fsp3) is 0.692. The number of nitrogens with one attached hydrogen (secondary N) is 2. The van der Waals surface area contributed by atoms with Crippen molar-refractivity contribution in [2.24, 2.45) is 0 Å². The van der Waals surface area contributed by atoms with Crippen LogP contribution in [0.4, 0.5) is 11.8 Å². The molecule has 0 saturated carbocycles. The van der Waals surface area contributed by atoms with Crippen molar-refractivity contribution in [1.82, 2.24) is 9.97 Å². The standard InChI is InChI=1S/C13H23ClN4O/c1-3-5-8-19-9-6-7-16-12-11(14)10-17-13(18-12)15-4-2/h10H,3-9H2,1-2H3,(H2,15,16,17,18). The van der Waals surface area contributed by atoms with E-state index in [0.717, 1.165) is 39.1 Å². The average Bonchev–Trinajstić information content (AvgIpc) is 2.41. The molecule has 0 radical (unpaired) electrons. The third kappa shape index (κ3) is 6.59. The minimum Gasteiger partial charge on any atom is -0.381 e. The van der Waals surface area contributed by atoms with Crippen LogP contribution in [-0.2, 0) is 4.74 Å². The maximum atomic E-state index is 6.03.